The number of allylic oxidation sites excluding steroid dienone is 2. The Morgan fingerprint density at radius 2 is 1.56 bits per heavy atom. The number of rotatable bonds is 9. The van der Waals surface area contributed by atoms with Gasteiger partial charge in [0.15, 0.2) is 0 Å². The highest BCUT2D eigenvalue weighted by Crippen LogP contribution is 2.57. The number of esters is 3. The van der Waals surface area contributed by atoms with Gasteiger partial charge in [0.25, 0.3) is 0 Å². The second-order valence-electron chi connectivity index (χ2n) is 14.2. The molecule has 1 fully saturated rings. The fourth-order valence-electron chi connectivity index (χ4n) is 7.41. The summed E-state index contributed by atoms with van der Waals surface area (Å²) in [4.78, 5) is 50.5. The number of aromatic nitrogens is 1. The van der Waals surface area contributed by atoms with E-state index < -0.39 is 52.7 Å². The zero-order valence-electron chi connectivity index (χ0n) is 28.7. The normalized spacial score (nSPS) is 28.7. The number of ether oxygens (including phenoxy) is 4. The van der Waals surface area contributed by atoms with Gasteiger partial charge < -0.3 is 18.9 Å². The molecule has 2 aromatic carbocycles. The van der Waals surface area contributed by atoms with Crippen LogP contribution in [0.3, 0.4) is 0 Å². The minimum Gasteiger partial charge on any atom is -0.461 e. The van der Waals surface area contributed by atoms with Gasteiger partial charge in [-0.2, -0.15) is 0 Å². The Morgan fingerprint density at radius 3 is 2.20 bits per heavy atom. The van der Waals surface area contributed by atoms with E-state index in [0.717, 1.165) is 5.57 Å². The maximum atomic E-state index is 13.9. The number of hydrogen-bond donors (Lipinski definition) is 1. The summed E-state index contributed by atoms with van der Waals surface area (Å²) in [6.45, 7) is 7.17. The van der Waals surface area contributed by atoms with Crippen molar-refractivity contribution >= 4 is 17.9 Å². The maximum Gasteiger partial charge on any atom is 0.339 e. The van der Waals surface area contributed by atoms with Crippen molar-refractivity contribution in [1.29, 1.82) is 0 Å². The predicted molar refractivity (Wildman–Crippen MR) is 183 cm³/mol. The third kappa shape index (κ3) is 7.28. The number of epoxide rings is 1. The molecule has 6 rings (SSSR count). The van der Waals surface area contributed by atoms with Crippen LogP contribution in [0.1, 0.15) is 84.5 Å². The van der Waals surface area contributed by atoms with Crippen LogP contribution in [-0.4, -0.2) is 64.3 Å². The first kappa shape index (κ1) is 35.2. The fraction of sp³-hybridized carbons (Fsp3) is 0.400. The van der Waals surface area contributed by atoms with Gasteiger partial charge in [-0.1, -0.05) is 48.0 Å². The van der Waals surface area contributed by atoms with Crippen LogP contribution in [0.25, 0.3) is 0 Å². The molecule has 10 heteroatoms. The molecule has 10 nitrogen and oxygen atoms in total. The van der Waals surface area contributed by atoms with E-state index in [4.69, 9.17) is 23.8 Å². The molecule has 3 aromatic rings. The van der Waals surface area contributed by atoms with E-state index in [1.54, 1.807) is 80.7 Å². The average molecular weight is 682 g/mol. The molecule has 0 bridgehead atoms. The van der Waals surface area contributed by atoms with Crippen molar-refractivity contribution in [3.63, 3.8) is 0 Å². The molecule has 1 N–H and O–H groups in total. The van der Waals surface area contributed by atoms with Gasteiger partial charge in [0, 0.05) is 24.7 Å². The van der Waals surface area contributed by atoms with Gasteiger partial charge >= 0.3 is 17.9 Å². The fourth-order valence-corrected chi connectivity index (χ4v) is 7.41. The van der Waals surface area contributed by atoms with Crippen molar-refractivity contribution in [1.82, 2.24) is 4.98 Å². The Morgan fingerprint density at radius 1 is 0.920 bits per heavy atom. The number of benzene rings is 2. The molecule has 0 unspecified atom stereocenters. The van der Waals surface area contributed by atoms with E-state index in [-0.39, 0.29) is 31.1 Å². The highest BCUT2D eigenvalue weighted by molar-refractivity contribution is 5.90. The quantitative estimate of drug-likeness (QED) is 0.0618. The van der Waals surface area contributed by atoms with Crippen LogP contribution in [0.5, 0.6) is 0 Å². The summed E-state index contributed by atoms with van der Waals surface area (Å²) in [7, 11) is 0. The van der Waals surface area contributed by atoms with Gasteiger partial charge in [-0.05, 0) is 95.0 Å². The second kappa shape index (κ2) is 14.3. The molecular formula is C40H43NO9. The van der Waals surface area contributed by atoms with Gasteiger partial charge in [0.1, 0.15) is 24.4 Å². The van der Waals surface area contributed by atoms with Crippen molar-refractivity contribution < 1.29 is 43.5 Å². The summed E-state index contributed by atoms with van der Waals surface area (Å²) in [5.74, 6) is -2.51. The molecule has 6 atom stereocenters. The van der Waals surface area contributed by atoms with Crippen LogP contribution in [0.2, 0.25) is 0 Å². The molecule has 0 amide bonds. The first-order chi connectivity index (χ1) is 24.0. The summed E-state index contributed by atoms with van der Waals surface area (Å²) >= 11 is 0. The lowest BCUT2D eigenvalue weighted by Gasteiger charge is -2.46. The van der Waals surface area contributed by atoms with Crippen LogP contribution in [-0.2, 0) is 23.8 Å². The molecule has 3 aliphatic rings. The van der Waals surface area contributed by atoms with E-state index in [2.05, 4.69) is 4.98 Å². The smallest absolute Gasteiger partial charge is 0.339 e. The Hall–Kier alpha value is -4.64. The van der Waals surface area contributed by atoms with E-state index in [1.807, 2.05) is 38.1 Å². The molecule has 0 saturated carbocycles. The summed E-state index contributed by atoms with van der Waals surface area (Å²) < 4.78 is 25.3. The summed E-state index contributed by atoms with van der Waals surface area (Å²) in [5.41, 5.74) is -0.597. The van der Waals surface area contributed by atoms with Crippen LogP contribution < -0.4 is 0 Å². The first-order valence-corrected chi connectivity index (χ1v) is 16.9. The van der Waals surface area contributed by atoms with Crippen molar-refractivity contribution in [2.45, 2.75) is 82.9 Å². The molecule has 0 radical (unpaired) electrons. The number of pyridine rings is 1. The number of fused-ring (bicyclic) bond motifs is 2. The lowest BCUT2D eigenvalue weighted by atomic mass is 9.65. The molecule has 50 heavy (non-hydrogen) atoms. The Kier molecular flexibility index (Phi) is 10.1. The molecule has 262 valence electrons. The van der Waals surface area contributed by atoms with Crippen LogP contribution in [0.15, 0.2) is 108 Å². The third-order valence-electron chi connectivity index (χ3n) is 10.3. The van der Waals surface area contributed by atoms with Crippen molar-refractivity contribution in [2.24, 2.45) is 11.3 Å². The molecule has 2 heterocycles. The maximum absolute atomic E-state index is 13.9. The molecule has 1 aliphatic heterocycles. The summed E-state index contributed by atoms with van der Waals surface area (Å²) in [5, 5.41) is 10.3. The minimum absolute atomic E-state index is 0.102. The predicted octanol–water partition coefficient (Wildman–Crippen LogP) is 7.18. The number of nitrogens with zero attached hydrogens (tertiary/aromatic N) is 1. The van der Waals surface area contributed by atoms with Crippen molar-refractivity contribution in [3.8, 4) is 0 Å². The number of carbonyl (C=O) groups excluding carboxylic acids is 3. The first-order valence-electron chi connectivity index (χ1n) is 16.9. The van der Waals surface area contributed by atoms with E-state index in [9.17, 15) is 19.6 Å². The standard InChI is InChI=1S/C40H43NO9/c1-26-17-18-32-39(4,49-32)23-31(47-37(44)29-16-11-21-41-24-29)34-30(38(2,3)50-45)19-20-40(34,25-46-35(42)27-12-7-5-8-13-27)33(22-26)48-36(43)28-14-9-6-10-15-28/h5-16,19,21-22,24,31-34,45H,17-18,20,23,25H2,1-4H3/b26-22+/t31-,32-,33+,34-,39+,40+/m1/s1. The van der Waals surface area contributed by atoms with Gasteiger partial charge in [0.05, 0.1) is 33.8 Å². The largest absolute Gasteiger partial charge is 0.461 e. The van der Waals surface area contributed by atoms with Crippen LogP contribution >= 0.6 is 0 Å². The highest BCUT2D eigenvalue weighted by Gasteiger charge is 2.62. The van der Waals surface area contributed by atoms with E-state index >= 15 is 0 Å². The molecule has 2 aliphatic carbocycles. The Balaban J connectivity index is 1.51. The second-order valence-corrected chi connectivity index (χ2v) is 14.2. The minimum atomic E-state index is -1.27. The monoisotopic (exact) mass is 681 g/mol. The van der Waals surface area contributed by atoms with E-state index in [0.29, 0.717) is 29.5 Å². The van der Waals surface area contributed by atoms with Gasteiger partial charge in [0.2, 0.25) is 0 Å². The van der Waals surface area contributed by atoms with Gasteiger partial charge in [-0.15, -0.1) is 0 Å². The van der Waals surface area contributed by atoms with Crippen LogP contribution in [0.4, 0.5) is 0 Å². The summed E-state index contributed by atoms with van der Waals surface area (Å²) in [6.07, 6.45) is 6.74. The molecule has 1 saturated heterocycles. The topological polar surface area (TPSA) is 134 Å². The lowest BCUT2D eigenvalue weighted by molar-refractivity contribution is -0.303. The third-order valence-corrected chi connectivity index (χ3v) is 10.3. The number of hydrogen-bond acceptors (Lipinski definition) is 10. The van der Waals surface area contributed by atoms with E-state index in [1.165, 1.54) is 6.20 Å². The Bertz CT molecular complexity index is 1760. The summed E-state index contributed by atoms with van der Waals surface area (Å²) in [6, 6.07) is 20.6. The number of carbonyl (C=O) groups is 3. The van der Waals surface area contributed by atoms with Gasteiger partial charge in [-0.25, -0.2) is 19.3 Å². The zero-order chi connectivity index (χ0) is 35.5. The molecule has 0 spiro atoms. The van der Waals surface area contributed by atoms with Gasteiger partial charge in [-0.3, -0.25) is 10.2 Å². The van der Waals surface area contributed by atoms with Crippen molar-refractivity contribution in [2.75, 3.05) is 6.61 Å². The van der Waals surface area contributed by atoms with Crippen molar-refractivity contribution in [3.05, 3.63) is 125 Å². The van der Waals surface area contributed by atoms with Crippen LogP contribution in [0, 0.1) is 11.3 Å². The Labute approximate surface area is 292 Å². The average Bonchev–Trinajstić information content (AvgIpc) is 3.60. The SMILES string of the molecule is C/C1=C\[C@H](OC(=O)c2ccccc2)[C@@]2(COC(=O)c3ccccc3)CC=C(C(C)(C)OO)[C@@H]2[C@H](OC(=O)c2cccnc2)C[C@]2(C)O[C@@H]2CC1. The highest BCUT2D eigenvalue weighted by atomic mass is 17.1. The molecular weight excluding hydrogens is 638 g/mol. The lowest BCUT2D eigenvalue weighted by Crippen LogP contribution is -2.53. The molecule has 1 aromatic heterocycles. The zero-order valence-corrected chi connectivity index (χ0v) is 28.7.